The zero-order valence-corrected chi connectivity index (χ0v) is 41.1. The monoisotopic (exact) mass is 835 g/mol. The maximum absolute atomic E-state index is 7.83. The second-order valence-electron chi connectivity index (χ2n) is 24.9. The number of ether oxygens (including phenoxy) is 1. The SMILES string of the molecule is Cc1cc2c3c(c1)N(c1ccc(C(C)(C)C)cc1-c1ccccc1)c1c(ccc4c1C(C)(C)CCC4(C)C)B3C1=C(C3C(O1)C(C)(C)CCC3(C)C)N2c1ccc(C(C)(C)C)cc1. The van der Waals surface area contributed by atoms with Gasteiger partial charge in [-0.2, -0.15) is 0 Å². The van der Waals surface area contributed by atoms with E-state index in [0.29, 0.717) is 0 Å². The van der Waals surface area contributed by atoms with E-state index in [0.717, 1.165) is 12.8 Å². The van der Waals surface area contributed by atoms with Crippen molar-refractivity contribution in [3.8, 4) is 11.1 Å². The maximum Gasteiger partial charge on any atom is 0.295 e. The standard InChI is InChI=1S/C59H71BN2O/c1-36-33-45-49-46(34-36)62(44-28-23-39(55(5,6)7)35-41(44)37-19-17-16-18-20-37)50-43(27-26-42-47(50)57(10,11)30-29-56(42,8)9)60(49)53-51(48-52(63-53)59(14,15)32-31-58(48,12)13)61(45)40-24-21-38(22-25-40)54(2,3)4/h16-28,33-35,48,52H,29-32H2,1-15H3. The van der Waals surface area contributed by atoms with Gasteiger partial charge in [-0.15, -0.1) is 0 Å². The molecule has 0 saturated heterocycles. The van der Waals surface area contributed by atoms with Crippen molar-refractivity contribution in [2.45, 2.75) is 157 Å². The minimum absolute atomic E-state index is 0.00922. The van der Waals surface area contributed by atoms with Crippen LogP contribution in [0.3, 0.4) is 0 Å². The number of aryl methyl sites for hydroxylation is 1. The van der Waals surface area contributed by atoms with Gasteiger partial charge in [0.1, 0.15) is 6.10 Å². The summed E-state index contributed by atoms with van der Waals surface area (Å²) in [7, 11) is 0. The highest BCUT2D eigenvalue weighted by Gasteiger charge is 2.61. The Morgan fingerprint density at radius 3 is 1.86 bits per heavy atom. The van der Waals surface area contributed by atoms with Gasteiger partial charge >= 0.3 is 0 Å². The van der Waals surface area contributed by atoms with Crippen LogP contribution in [0.1, 0.15) is 150 Å². The molecule has 4 heteroatoms. The van der Waals surface area contributed by atoms with Crippen molar-refractivity contribution < 1.29 is 4.74 Å². The molecule has 2 unspecified atom stereocenters. The summed E-state index contributed by atoms with van der Waals surface area (Å²) in [6.45, 7) is 36.2. The quantitative estimate of drug-likeness (QED) is 0.168. The van der Waals surface area contributed by atoms with E-state index >= 15 is 0 Å². The van der Waals surface area contributed by atoms with Crippen LogP contribution < -0.4 is 20.7 Å². The van der Waals surface area contributed by atoms with Crippen molar-refractivity contribution in [2.24, 2.45) is 16.7 Å². The Bertz CT molecular complexity index is 2700. The molecule has 3 aliphatic heterocycles. The summed E-state index contributed by atoms with van der Waals surface area (Å²) in [5.41, 5.74) is 21.3. The molecule has 1 saturated carbocycles. The number of anilines is 5. The molecule has 0 amide bonds. The molecule has 5 aliphatic rings. The summed E-state index contributed by atoms with van der Waals surface area (Å²) in [5, 5.41) is 0. The molecule has 0 N–H and O–H groups in total. The molecule has 2 atom stereocenters. The third-order valence-electron chi connectivity index (χ3n) is 16.4. The highest BCUT2D eigenvalue weighted by atomic mass is 16.5. The Morgan fingerprint density at radius 2 is 1.21 bits per heavy atom. The molecule has 5 aromatic rings. The van der Waals surface area contributed by atoms with Gasteiger partial charge < -0.3 is 14.5 Å². The van der Waals surface area contributed by atoms with Gasteiger partial charge in [0.15, 0.2) is 0 Å². The van der Waals surface area contributed by atoms with E-state index in [9.17, 15) is 0 Å². The number of rotatable bonds is 3. The molecule has 1 fully saturated rings. The number of fused-ring (bicyclic) bond motifs is 7. The number of hydrogen-bond acceptors (Lipinski definition) is 3. The predicted molar refractivity (Wildman–Crippen MR) is 270 cm³/mol. The van der Waals surface area contributed by atoms with Crippen LogP contribution in [0.4, 0.5) is 28.4 Å². The second-order valence-corrected chi connectivity index (χ2v) is 24.9. The highest BCUT2D eigenvalue weighted by molar-refractivity contribution is 6.95. The first-order valence-corrected chi connectivity index (χ1v) is 24.0. The molecule has 0 spiro atoms. The van der Waals surface area contributed by atoms with Gasteiger partial charge in [0.2, 0.25) is 0 Å². The Kier molecular flexibility index (Phi) is 9.17. The van der Waals surface area contributed by atoms with Gasteiger partial charge in [-0.1, -0.05) is 158 Å². The lowest BCUT2D eigenvalue weighted by molar-refractivity contribution is -0.0623. The van der Waals surface area contributed by atoms with Crippen molar-refractivity contribution in [1.82, 2.24) is 0 Å². The summed E-state index contributed by atoms with van der Waals surface area (Å²) in [5.74, 6) is 0.236. The Hall–Kier alpha value is -4.70. The Balaban J connectivity index is 1.35. The minimum Gasteiger partial charge on any atom is -0.501 e. The van der Waals surface area contributed by atoms with Crippen LogP contribution in [-0.4, -0.2) is 12.8 Å². The third-order valence-corrected chi connectivity index (χ3v) is 16.4. The summed E-state index contributed by atoms with van der Waals surface area (Å²) >= 11 is 0. The molecule has 0 aromatic heterocycles. The van der Waals surface area contributed by atoms with Crippen LogP contribution >= 0.6 is 0 Å². The maximum atomic E-state index is 7.83. The molecule has 10 rings (SSSR count). The summed E-state index contributed by atoms with van der Waals surface area (Å²) in [4.78, 5) is 5.41. The summed E-state index contributed by atoms with van der Waals surface area (Å²) in [6, 6.07) is 38.1. The normalized spacial score (nSPS) is 22.4. The van der Waals surface area contributed by atoms with Crippen LogP contribution in [0, 0.1) is 23.7 Å². The number of hydrogen-bond donors (Lipinski definition) is 0. The van der Waals surface area contributed by atoms with Crippen molar-refractivity contribution in [3.63, 3.8) is 0 Å². The van der Waals surface area contributed by atoms with E-state index in [1.807, 2.05) is 0 Å². The lowest BCUT2D eigenvalue weighted by atomic mass is 9.35. The largest absolute Gasteiger partial charge is 0.501 e. The third kappa shape index (κ3) is 6.41. The minimum atomic E-state index is -0.0436. The van der Waals surface area contributed by atoms with Crippen LogP contribution in [0.2, 0.25) is 0 Å². The average molecular weight is 835 g/mol. The smallest absolute Gasteiger partial charge is 0.295 e. The van der Waals surface area contributed by atoms with Gasteiger partial charge in [-0.3, -0.25) is 0 Å². The summed E-state index contributed by atoms with van der Waals surface area (Å²) < 4.78 is 7.83. The van der Waals surface area contributed by atoms with E-state index in [4.69, 9.17) is 4.74 Å². The lowest BCUT2D eigenvalue weighted by Crippen LogP contribution is -2.57. The van der Waals surface area contributed by atoms with Crippen molar-refractivity contribution in [1.29, 1.82) is 0 Å². The van der Waals surface area contributed by atoms with Crippen LogP contribution in [-0.2, 0) is 26.4 Å². The predicted octanol–water partition coefficient (Wildman–Crippen LogP) is 14.8. The second kappa shape index (κ2) is 13.7. The molecule has 3 heterocycles. The molecule has 2 aliphatic carbocycles. The van der Waals surface area contributed by atoms with Gasteiger partial charge in [-0.05, 0) is 140 Å². The fraction of sp³-hybridized carbons (Fsp3) is 0.458. The molecular weight excluding hydrogens is 763 g/mol. The molecular formula is C59H71BN2O. The first-order valence-electron chi connectivity index (χ1n) is 24.0. The van der Waals surface area contributed by atoms with E-state index in [2.05, 4.69) is 211 Å². The molecule has 5 aromatic carbocycles. The summed E-state index contributed by atoms with van der Waals surface area (Å²) in [6.07, 6.45) is 4.70. The van der Waals surface area contributed by atoms with E-state index in [-0.39, 0.29) is 51.2 Å². The van der Waals surface area contributed by atoms with Crippen molar-refractivity contribution >= 4 is 46.1 Å². The first-order chi connectivity index (χ1) is 29.4. The fourth-order valence-corrected chi connectivity index (χ4v) is 12.4. The van der Waals surface area contributed by atoms with Crippen LogP contribution in [0.15, 0.2) is 108 Å². The zero-order valence-electron chi connectivity index (χ0n) is 41.1. The zero-order chi connectivity index (χ0) is 45.0. The fourth-order valence-electron chi connectivity index (χ4n) is 12.4. The van der Waals surface area contributed by atoms with E-state index in [1.165, 1.54) is 103 Å². The topological polar surface area (TPSA) is 15.7 Å². The Morgan fingerprint density at radius 1 is 0.603 bits per heavy atom. The first kappa shape index (κ1) is 42.3. The number of nitrogens with zero attached hydrogens (tertiary/aromatic N) is 2. The lowest BCUT2D eigenvalue weighted by Gasteiger charge is -2.51. The van der Waals surface area contributed by atoms with E-state index < -0.39 is 0 Å². The van der Waals surface area contributed by atoms with Gasteiger partial charge in [0.25, 0.3) is 6.71 Å². The van der Waals surface area contributed by atoms with E-state index in [1.54, 1.807) is 0 Å². The van der Waals surface area contributed by atoms with Gasteiger partial charge in [0, 0.05) is 39.6 Å². The molecule has 326 valence electrons. The molecule has 3 nitrogen and oxygen atoms in total. The van der Waals surface area contributed by atoms with Crippen LogP contribution in [0.5, 0.6) is 0 Å². The number of benzene rings is 5. The van der Waals surface area contributed by atoms with Crippen molar-refractivity contribution in [3.05, 3.63) is 136 Å². The van der Waals surface area contributed by atoms with Gasteiger partial charge in [-0.25, -0.2) is 0 Å². The Labute approximate surface area is 380 Å². The van der Waals surface area contributed by atoms with Crippen LogP contribution in [0.25, 0.3) is 11.1 Å². The molecule has 0 bridgehead atoms. The van der Waals surface area contributed by atoms with Gasteiger partial charge in [0.05, 0.1) is 17.0 Å². The molecule has 0 radical (unpaired) electrons. The highest BCUT2D eigenvalue weighted by Crippen LogP contribution is 2.62. The average Bonchev–Trinajstić information content (AvgIpc) is 3.63. The van der Waals surface area contributed by atoms with Crippen molar-refractivity contribution in [2.75, 3.05) is 9.80 Å². The molecule has 63 heavy (non-hydrogen) atoms.